The van der Waals surface area contributed by atoms with Gasteiger partial charge in [0, 0.05) is 0 Å². The quantitative estimate of drug-likeness (QED) is 0.576. The van der Waals surface area contributed by atoms with Gasteiger partial charge in [-0.3, -0.25) is 0 Å². The highest BCUT2D eigenvalue weighted by molar-refractivity contribution is 5.32. The van der Waals surface area contributed by atoms with Crippen LogP contribution in [0.4, 0.5) is 4.39 Å². The standard InChI is InChI=1S/C10H10F/c1-7-3-2-4-9(10(7)11)8-5-6-8/h2-4,8H,1,5-6H2. The van der Waals surface area contributed by atoms with Gasteiger partial charge in [-0.2, -0.15) is 0 Å². The lowest BCUT2D eigenvalue weighted by Gasteiger charge is -2.01. The van der Waals surface area contributed by atoms with Crippen molar-refractivity contribution in [2.75, 3.05) is 0 Å². The van der Waals surface area contributed by atoms with Crippen molar-refractivity contribution in [1.29, 1.82) is 0 Å². The highest BCUT2D eigenvalue weighted by atomic mass is 19.1. The van der Waals surface area contributed by atoms with E-state index < -0.39 is 0 Å². The Hall–Kier alpha value is -0.850. The van der Waals surface area contributed by atoms with E-state index in [1.54, 1.807) is 6.07 Å². The van der Waals surface area contributed by atoms with Crippen LogP contribution in [0.2, 0.25) is 0 Å². The summed E-state index contributed by atoms with van der Waals surface area (Å²) in [5, 5.41) is 0. The topological polar surface area (TPSA) is 0 Å². The molecule has 0 heterocycles. The minimum absolute atomic E-state index is 0.102. The Balaban J connectivity index is 2.45. The lowest BCUT2D eigenvalue weighted by Crippen LogP contribution is -1.89. The molecule has 0 bridgehead atoms. The SMILES string of the molecule is [CH2]c1cccc(C2CC2)c1F. The van der Waals surface area contributed by atoms with Gasteiger partial charge in [0.2, 0.25) is 0 Å². The van der Waals surface area contributed by atoms with Gasteiger partial charge in [-0.25, -0.2) is 4.39 Å². The molecule has 0 nitrogen and oxygen atoms in total. The van der Waals surface area contributed by atoms with Crippen molar-refractivity contribution in [3.8, 4) is 0 Å². The van der Waals surface area contributed by atoms with Gasteiger partial charge in [-0.05, 0) is 36.8 Å². The summed E-state index contributed by atoms with van der Waals surface area (Å²) in [6.07, 6.45) is 2.28. The summed E-state index contributed by atoms with van der Waals surface area (Å²) in [4.78, 5) is 0. The first kappa shape index (κ1) is 6.84. The maximum Gasteiger partial charge on any atom is 0.129 e. The largest absolute Gasteiger partial charge is 0.206 e. The van der Waals surface area contributed by atoms with Crippen LogP contribution in [0.25, 0.3) is 0 Å². The molecular formula is C10H10F. The summed E-state index contributed by atoms with van der Waals surface area (Å²) in [6, 6.07) is 5.45. The van der Waals surface area contributed by atoms with E-state index in [4.69, 9.17) is 0 Å². The van der Waals surface area contributed by atoms with Gasteiger partial charge >= 0.3 is 0 Å². The van der Waals surface area contributed by atoms with Crippen LogP contribution < -0.4 is 0 Å². The molecule has 1 aliphatic rings. The predicted molar refractivity (Wildman–Crippen MR) is 42.8 cm³/mol. The lowest BCUT2D eigenvalue weighted by atomic mass is 10.1. The van der Waals surface area contributed by atoms with E-state index in [-0.39, 0.29) is 5.82 Å². The third-order valence-corrected chi connectivity index (χ3v) is 2.13. The zero-order chi connectivity index (χ0) is 7.84. The van der Waals surface area contributed by atoms with Gasteiger partial charge in [0.25, 0.3) is 0 Å². The molecule has 57 valence electrons. The van der Waals surface area contributed by atoms with Gasteiger partial charge in [0.05, 0.1) is 0 Å². The van der Waals surface area contributed by atoms with Crippen molar-refractivity contribution in [3.05, 3.63) is 42.1 Å². The molecule has 11 heavy (non-hydrogen) atoms. The summed E-state index contributed by atoms with van der Waals surface area (Å²) >= 11 is 0. The molecular weight excluding hydrogens is 139 g/mol. The Morgan fingerprint density at radius 3 is 2.73 bits per heavy atom. The van der Waals surface area contributed by atoms with E-state index >= 15 is 0 Å². The van der Waals surface area contributed by atoms with Crippen molar-refractivity contribution in [3.63, 3.8) is 0 Å². The van der Waals surface area contributed by atoms with E-state index in [2.05, 4.69) is 6.92 Å². The molecule has 0 unspecified atom stereocenters. The van der Waals surface area contributed by atoms with E-state index in [1.807, 2.05) is 12.1 Å². The third-order valence-electron chi connectivity index (χ3n) is 2.13. The summed E-state index contributed by atoms with van der Waals surface area (Å²) in [5.41, 5.74) is 1.38. The fourth-order valence-corrected chi connectivity index (χ4v) is 1.31. The highest BCUT2D eigenvalue weighted by Crippen LogP contribution is 2.41. The molecule has 1 aromatic rings. The Morgan fingerprint density at radius 2 is 2.09 bits per heavy atom. The fourth-order valence-electron chi connectivity index (χ4n) is 1.31. The van der Waals surface area contributed by atoms with Gasteiger partial charge in [0.1, 0.15) is 5.82 Å². The molecule has 0 spiro atoms. The van der Waals surface area contributed by atoms with E-state index in [0.717, 1.165) is 18.4 Å². The van der Waals surface area contributed by atoms with Crippen LogP contribution in [0.3, 0.4) is 0 Å². The molecule has 2 rings (SSSR count). The van der Waals surface area contributed by atoms with Crippen molar-refractivity contribution in [2.45, 2.75) is 18.8 Å². The second kappa shape index (κ2) is 2.33. The average Bonchev–Trinajstić information content (AvgIpc) is 2.77. The number of rotatable bonds is 1. The lowest BCUT2D eigenvalue weighted by molar-refractivity contribution is 0.606. The van der Waals surface area contributed by atoms with Gasteiger partial charge in [-0.1, -0.05) is 18.2 Å². The van der Waals surface area contributed by atoms with Crippen LogP contribution in [0.15, 0.2) is 18.2 Å². The number of benzene rings is 1. The van der Waals surface area contributed by atoms with E-state index in [1.165, 1.54) is 0 Å². The number of hydrogen-bond donors (Lipinski definition) is 0. The number of hydrogen-bond acceptors (Lipinski definition) is 0. The molecule has 0 saturated heterocycles. The van der Waals surface area contributed by atoms with Crippen LogP contribution >= 0.6 is 0 Å². The van der Waals surface area contributed by atoms with Gasteiger partial charge in [0.15, 0.2) is 0 Å². The normalized spacial score (nSPS) is 16.9. The first-order chi connectivity index (χ1) is 5.29. The van der Waals surface area contributed by atoms with Crippen LogP contribution in [-0.4, -0.2) is 0 Å². The Labute approximate surface area is 66.1 Å². The third kappa shape index (κ3) is 1.15. The zero-order valence-corrected chi connectivity index (χ0v) is 6.31. The molecule has 0 atom stereocenters. The predicted octanol–water partition coefficient (Wildman–Crippen LogP) is 2.89. The van der Waals surface area contributed by atoms with Crippen molar-refractivity contribution in [2.24, 2.45) is 0 Å². The number of halogens is 1. The summed E-state index contributed by atoms with van der Waals surface area (Å²) in [7, 11) is 0. The average molecular weight is 149 g/mol. The van der Waals surface area contributed by atoms with Crippen LogP contribution in [0.1, 0.15) is 29.9 Å². The second-order valence-corrected chi connectivity index (χ2v) is 3.09. The monoisotopic (exact) mass is 149 g/mol. The second-order valence-electron chi connectivity index (χ2n) is 3.09. The molecule has 1 aromatic carbocycles. The van der Waals surface area contributed by atoms with Crippen LogP contribution in [-0.2, 0) is 0 Å². The molecule has 1 radical (unpaired) electrons. The maximum absolute atomic E-state index is 13.2. The smallest absolute Gasteiger partial charge is 0.129 e. The maximum atomic E-state index is 13.2. The first-order valence-electron chi connectivity index (χ1n) is 3.89. The van der Waals surface area contributed by atoms with Crippen molar-refractivity contribution in [1.82, 2.24) is 0 Å². The Morgan fingerprint density at radius 1 is 1.36 bits per heavy atom. The molecule has 1 aliphatic carbocycles. The molecule has 0 N–H and O–H groups in total. The molecule has 1 saturated carbocycles. The Kier molecular flexibility index (Phi) is 1.45. The van der Waals surface area contributed by atoms with E-state index in [9.17, 15) is 4.39 Å². The molecule has 0 aliphatic heterocycles. The van der Waals surface area contributed by atoms with Crippen molar-refractivity contribution >= 4 is 0 Å². The van der Waals surface area contributed by atoms with Crippen LogP contribution in [0.5, 0.6) is 0 Å². The molecule has 1 fully saturated rings. The van der Waals surface area contributed by atoms with Crippen LogP contribution in [0, 0.1) is 12.7 Å². The van der Waals surface area contributed by atoms with Crippen molar-refractivity contribution < 1.29 is 4.39 Å². The zero-order valence-electron chi connectivity index (χ0n) is 6.31. The van der Waals surface area contributed by atoms with Gasteiger partial charge < -0.3 is 0 Å². The first-order valence-corrected chi connectivity index (χ1v) is 3.89. The molecule has 0 amide bonds. The summed E-state index contributed by atoms with van der Waals surface area (Å²) in [6.45, 7) is 3.62. The Bertz CT molecular complexity index is 274. The fraction of sp³-hybridized carbons (Fsp3) is 0.300. The summed E-state index contributed by atoms with van der Waals surface area (Å²) < 4.78 is 13.2. The highest BCUT2D eigenvalue weighted by Gasteiger charge is 2.26. The van der Waals surface area contributed by atoms with E-state index in [0.29, 0.717) is 11.5 Å². The summed E-state index contributed by atoms with van der Waals surface area (Å²) in [5.74, 6) is 0.381. The minimum atomic E-state index is -0.102. The minimum Gasteiger partial charge on any atom is -0.206 e. The molecule has 0 aromatic heterocycles. The van der Waals surface area contributed by atoms with Gasteiger partial charge in [-0.15, -0.1) is 0 Å². The molecule has 1 heteroatoms.